The number of nitro groups is 1. The van der Waals surface area contributed by atoms with Gasteiger partial charge in [-0.3, -0.25) is 10.1 Å². The Morgan fingerprint density at radius 1 is 1.19 bits per heavy atom. The topological polar surface area (TPSA) is 67.2 Å². The van der Waals surface area contributed by atoms with Crippen LogP contribution < -0.4 is 10.6 Å². The fourth-order valence-corrected chi connectivity index (χ4v) is 2.60. The fraction of sp³-hybridized carbons (Fsp3) is 0.250. The van der Waals surface area contributed by atoms with Gasteiger partial charge < -0.3 is 10.6 Å². The molecule has 0 amide bonds. The number of fused-ring (bicyclic) bond motifs is 1. The molecule has 0 aliphatic carbocycles. The molecule has 0 unspecified atom stereocenters. The van der Waals surface area contributed by atoms with E-state index in [0.29, 0.717) is 12.2 Å². The number of aryl methyl sites for hydroxylation is 1. The maximum Gasteiger partial charge on any atom is 0.292 e. The monoisotopic (exact) mass is 283 g/mol. The Morgan fingerprint density at radius 2 is 2.00 bits per heavy atom. The minimum atomic E-state index is -0.345. The summed E-state index contributed by atoms with van der Waals surface area (Å²) in [5, 5.41) is 17.6. The summed E-state index contributed by atoms with van der Waals surface area (Å²) in [6.07, 6.45) is 0. The van der Waals surface area contributed by atoms with Crippen LogP contribution in [0.25, 0.3) is 0 Å². The first kappa shape index (κ1) is 13.6. The molecule has 0 spiro atoms. The molecular formula is C16H17N3O2. The summed E-state index contributed by atoms with van der Waals surface area (Å²) in [6, 6.07) is 11.6. The van der Waals surface area contributed by atoms with Crippen LogP contribution in [-0.4, -0.2) is 4.92 Å². The Bertz CT molecular complexity index is 698. The lowest BCUT2D eigenvalue weighted by Gasteiger charge is -2.09. The van der Waals surface area contributed by atoms with Crippen molar-refractivity contribution in [3.05, 3.63) is 68.8 Å². The number of benzene rings is 2. The van der Waals surface area contributed by atoms with Gasteiger partial charge in [0.15, 0.2) is 0 Å². The van der Waals surface area contributed by atoms with Crippen LogP contribution >= 0.6 is 0 Å². The predicted molar refractivity (Wildman–Crippen MR) is 82.1 cm³/mol. The number of rotatable bonds is 4. The molecule has 2 aromatic rings. The molecule has 1 aliphatic heterocycles. The first-order valence-corrected chi connectivity index (χ1v) is 6.94. The normalized spacial score (nSPS) is 13.0. The zero-order valence-electron chi connectivity index (χ0n) is 11.8. The molecule has 2 aromatic carbocycles. The molecule has 21 heavy (non-hydrogen) atoms. The average molecular weight is 283 g/mol. The Hall–Kier alpha value is -2.40. The maximum absolute atomic E-state index is 11.1. The number of anilines is 1. The van der Waals surface area contributed by atoms with Gasteiger partial charge in [-0.05, 0) is 35.2 Å². The van der Waals surface area contributed by atoms with Gasteiger partial charge in [0, 0.05) is 25.7 Å². The van der Waals surface area contributed by atoms with Crippen molar-refractivity contribution in [2.45, 2.75) is 26.6 Å². The van der Waals surface area contributed by atoms with Gasteiger partial charge >= 0.3 is 0 Å². The molecule has 2 N–H and O–H groups in total. The summed E-state index contributed by atoms with van der Waals surface area (Å²) in [5.41, 5.74) is 5.35. The van der Waals surface area contributed by atoms with Crippen LogP contribution in [0.3, 0.4) is 0 Å². The van der Waals surface area contributed by atoms with Crippen molar-refractivity contribution < 1.29 is 4.92 Å². The second kappa shape index (κ2) is 5.54. The van der Waals surface area contributed by atoms with Gasteiger partial charge in [-0.15, -0.1) is 0 Å². The van der Waals surface area contributed by atoms with E-state index in [2.05, 4.69) is 28.8 Å². The summed E-state index contributed by atoms with van der Waals surface area (Å²) in [7, 11) is 0. The first-order valence-electron chi connectivity index (χ1n) is 6.94. The Kier molecular flexibility index (Phi) is 3.58. The minimum absolute atomic E-state index is 0.123. The molecule has 108 valence electrons. The van der Waals surface area contributed by atoms with Crippen molar-refractivity contribution in [1.29, 1.82) is 0 Å². The summed E-state index contributed by atoms with van der Waals surface area (Å²) in [6.45, 7) is 4.25. The van der Waals surface area contributed by atoms with E-state index < -0.39 is 0 Å². The number of nitrogens with one attached hydrogen (secondary N) is 2. The van der Waals surface area contributed by atoms with Crippen LogP contribution in [0.1, 0.15) is 22.3 Å². The van der Waals surface area contributed by atoms with E-state index in [4.69, 9.17) is 0 Å². The molecule has 0 aromatic heterocycles. The van der Waals surface area contributed by atoms with Crippen molar-refractivity contribution in [2.24, 2.45) is 0 Å². The quantitative estimate of drug-likeness (QED) is 0.668. The van der Waals surface area contributed by atoms with Gasteiger partial charge in [0.2, 0.25) is 0 Å². The lowest BCUT2D eigenvalue weighted by Crippen LogP contribution is -2.03. The predicted octanol–water partition coefficient (Wildman–Crippen LogP) is 3.12. The molecule has 0 saturated carbocycles. The van der Waals surface area contributed by atoms with Crippen LogP contribution in [0.5, 0.6) is 0 Å². The van der Waals surface area contributed by atoms with Crippen LogP contribution in [0.2, 0.25) is 0 Å². The lowest BCUT2D eigenvalue weighted by molar-refractivity contribution is -0.384. The van der Waals surface area contributed by atoms with Crippen molar-refractivity contribution in [3.63, 3.8) is 0 Å². The first-order chi connectivity index (χ1) is 10.1. The van der Waals surface area contributed by atoms with Crippen molar-refractivity contribution >= 4 is 11.4 Å². The van der Waals surface area contributed by atoms with E-state index in [1.165, 1.54) is 11.1 Å². The molecule has 0 fully saturated rings. The van der Waals surface area contributed by atoms with Gasteiger partial charge in [0.25, 0.3) is 5.69 Å². The van der Waals surface area contributed by atoms with Gasteiger partial charge in [-0.2, -0.15) is 0 Å². The third-order valence-corrected chi connectivity index (χ3v) is 3.73. The zero-order chi connectivity index (χ0) is 14.8. The second-order valence-corrected chi connectivity index (χ2v) is 5.34. The Balaban J connectivity index is 1.77. The van der Waals surface area contributed by atoms with E-state index in [0.717, 1.165) is 24.2 Å². The average Bonchev–Trinajstić information content (AvgIpc) is 2.93. The fourth-order valence-electron chi connectivity index (χ4n) is 2.60. The molecule has 0 atom stereocenters. The standard InChI is InChI=1S/C16H17N3O2/c1-11-2-5-15(16(6-11)19(20)21)18-8-12-3-4-13-9-17-10-14(13)7-12/h2-7,17-18H,8-10H2,1H3. The van der Waals surface area contributed by atoms with Crippen LogP contribution in [-0.2, 0) is 19.6 Å². The molecule has 3 rings (SSSR count). The van der Waals surface area contributed by atoms with E-state index in [1.807, 2.05) is 13.0 Å². The summed E-state index contributed by atoms with van der Waals surface area (Å²) >= 11 is 0. The van der Waals surface area contributed by atoms with Crippen molar-refractivity contribution in [3.8, 4) is 0 Å². The van der Waals surface area contributed by atoms with Gasteiger partial charge in [0.05, 0.1) is 4.92 Å². The summed E-state index contributed by atoms with van der Waals surface area (Å²) in [5.74, 6) is 0. The molecular weight excluding hydrogens is 266 g/mol. The Morgan fingerprint density at radius 3 is 2.81 bits per heavy atom. The van der Waals surface area contributed by atoms with Gasteiger partial charge in [-0.25, -0.2) is 0 Å². The van der Waals surface area contributed by atoms with E-state index in [9.17, 15) is 10.1 Å². The molecule has 0 saturated heterocycles. The third kappa shape index (κ3) is 2.87. The maximum atomic E-state index is 11.1. The molecule has 0 radical (unpaired) electrons. The SMILES string of the molecule is Cc1ccc(NCc2ccc3c(c2)CNC3)c([N+](=O)[O-])c1. The number of nitro benzene ring substituents is 1. The minimum Gasteiger partial charge on any atom is -0.375 e. The third-order valence-electron chi connectivity index (χ3n) is 3.73. The van der Waals surface area contributed by atoms with E-state index in [1.54, 1.807) is 12.1 Å². The molecule has 1 aliphatic rings. The number of hydrogen-bond donors (Lipinski definition) is 2. The Labute approximate surface area is 123 Å². The summed E-state index contributed by atoms with van der Waals surface area (Å²) < 4.78 is 0. The zero-order valence-corrected chi connectivity index (χ0v) is 11.8. The van der Waals surface area contributed by atoms with Crippen molar-refractivity contribution in [1.82, 2.24) is 5.32 Å². The molecule has 5 heteroatoms. The van der Waals surface area contributed by atoms with Crippen LogP contribution in [0.15, 0.2) is 36.4 Å². The van der Waals surface area contributed by atoms with Crippen LogP contribution in [0, 0.1) is 17.0 Å². The highest BCUT2D eigenvalue weighted by Gasteiger charge is 2.14. The van der Waals surface area contributed by atoms with Gasteiger partial charge in [-0.1, -0.05) is 24.3 Å². The van der Waals surface area contributed by atoms with E-state index >= 15 is 0 Å². The van der Waals surface area contributed by atoms with Gasteiger partial charge in [0.1, 0.15) is 5.69 Å². The highest BCUT2D eigenvalue weighted by Crippen LogP contribution is 2.26. The van der Waals surface area contributed by atoms with Crippen LogP contribution in [0.4, 0.5) is 11.4 Å². The summed E-state index contributed by atoms with van der Waals surface area (Å²) in [4.78, 5) is 10.8. The molecule has 1 heterocycles. The number of nitrogens with zero attached hydrogens (tertiary/aromatic N) is 1. The highest BCUT2D eigenvalue weighted by molar-refractivity contribution is 5.62. The van der Waals surface area contributed by atoms with E-state index in [-0.39, 0.29) is 10.6 Å². The van der Waals surface area contributed by atoms with Crippen molar-refractivity contribution in [2.75, 3.05) is 5.32 Å². The largest absolute Gasteiger partial charge is 0.375 e. The number of hydrogen-bond acceptors (Lipinski definition) is 4. The molecule has 0 bridgehead atoms. The smallest absolute Gasteiger partial charge is 0.292 e. The second-order valence-electron chi connectivity index (χ2n) is 5.34. The highest BCUT2D eigenvalue weighted by atomic mass is 16.6. The molecule has 5 nitrogen and oxygen atoms in total. The lowest BCUT2D eigenvalue weighted by atomic mass is 10.1.